The standard InChI is InChI=1S/C25H38F2N6O2/c1-18(2)8-11-32-12-9-24(10-13-32,23-29-30-31-33(23)20-15-25(26,27)16-20)28-22(17-34-3)19-6-5-7-21(14-19)35-4/h5-7,14,18,20,22,28H,8-13,15-17H2,1-4H3. The van der Waals surface area contributed by atoms with Gasteiger partial charge in [-0.25, -0.2) is 13.5 Å². The summed E-state index contributed by atoms with van der Waals surface area (Å²) in [6.07, 6.45) is 2.25. The van der Waals surface area contributed by atoms with Crippen LogP contribution in [0.1, 0.15) is 69.4 Å². The Morgan fingerprint density at radius 2 is 1.91 bits per heavy atom. The first-order valence-electron chi connectivity index (χ1n) is 12.5. The number of likely N-dealkylation sites (tertiary alicyclic amines) is 1. The van der Waals surface area contributed by atoms with Crippen molar-refractivity contribution in [3.8, 4) is 5.75 Å². The molecule has 0 amide bonds. The minimum Gasteiger partial charge on any atom is -0.497 e. The number of ether oxygens (including phenoxy) is 2. The van der Waals surface area contributed by atoms with Crippen LogP contribution in [0.25, 0.3) is 0 Å². The molecule has 2 fully saturated rings. The van der Waals surface area contributed by atoms with Gasteiger partial charge in [0, 0.05) is 33.0 Å². The number of nitrogens with zero attached hydrogens (tertiary/aromatic N) is 5. The van der Waals surface area contributed by atoms with Crippen molar-refractivity contribution < 1.29 is 18.3 Å². The maximum atomic E-state index is 13.7. The first-order chi connectivity index (χ1) is 16.7. The highest BCUT2D eigenvalue weighted by atomic mass is 19.3. The van der Waals surface area contributed by atoms with Crippen LogP contribution in [-0.4, -0.2) is 71.5 Å². The fourth-order valence-corrected chi connectivity index (χ4v) is 5.17. The van der Waals surface area contributed by atoms with Crippen LogP contribution < -0.4 is 10.1 Å². The summed E-state index contributed by atoms with van der Waals surface area (Å²) < 4.78 is 40.1. The predicted molar refractivity (Wildman–Crippen MR) is 129 cm³/mol. The molecule has 4 rings (SSSR count). The van der Waals surface area contributed by atoms with E-state index in [9.17, 15) is 8.78 Å². The molecule has 35 heavy (non-hydrogen) atoms. The number of benzene rings is 1. The van der Waals surface area contributed by atoms with E-state index in [-0.39, 0.29) is 24.9 Å². The van der Waals surface area contributed by atoms with E-state index in [0.717, 1.165) is 50.2 Å². The molecule has 1 aromatic heterocycles. The van der Waals surface area contributed by atoms with Gasteiger partial charge in [-0.15, -0.1) is 5.10 Å². The van der Waals surface area contributed by atoms with Gasteiger partial charge in [-0.1, -0.05) is 26.0 Å². The summed E-state index contributed by atoms with van der Waals surface area (Å²) in [6, 6.07) is 7.38. The zero-order chi connectivity index (χ0) is 25.1. The number of tetrazole rings is 1. The molecule has 0 bridgehead atoms. The summed E-state index contributed by atoms with van der Waals surface area (Å²) in [4.78, 5) is 2.47. The highest BCUT2D eigenvalue weighted by Gasteiger charge is 2.50. The maximum Gasteiger partial charge on any atom is 0.252 e. The largest absolute Gasteiger partial charge is 0.497 e. The van der Waals surface area contributed by atoms with Gasteiger partial charge in [0.1, 0.15) is 5.75 Å². The molecule has 1 aliphatic heterocycles. The number of halogens is 2. The van der Waals surface area contributed by atoms with Gasteiger partial charge in [0.25, 0.3) is 5.92 Å². The molecule has 2 aliphatic rings. The maximum absolute atomic E-state index is 13.7. The Bertz CT molecular complexity index is 953. The smallest absolute Gasteiger partial charge is 0.252 e. The fourth-order valence-electron chi connectivity index (χ4n) is 5.17. The lowest BCUT2D eigenvalue weighted by molar-refractivity contribution is -0.109. The van der Waals surface area contributed by atoms with Crippen LogP contribution in [0, 0.1) is 5.92 Å². The van der Waals surface area contributed by atoms with E-state index in [1.54, 1.807) is 18.9 Å². The normalized spacial score (nSPS) is 21.1. The average molecular weight is 493 g/mol. The molecule has 0 spiro atoms. The molecule has 1 atom stereocenters. The lowest BCUT2D eigenvalue weighted by atomic mass is 9.83. The average Bonchev–Trinajstić information content (AvgIpc) is 3.32. The molecule has 1 aliphatic carbocycles. The third-order valence-electron chi connectivity index (χ3n) is 7.35. The van der Waals surface area contributed by atoms with Gasteiger partial charge in [-0.05, 0) is 59.8 Å². The molecule has 8 nitrogen and oxygen atoms in total. The minimum atomic E-state index is -2.64. The summed E-state index contributed by atoms with van der Waals surface area (Å²) in [5.74, 6) is -0.588. The van der Waals surface area contributed by atoms with E-state index < -0.39 is 11.5 Å². The van der Waals surface area contributed by atoms with Crippen LogP contribution in [0.5, 0.6) is 5.75 Å². The Morgan fingerprint density at radius 1 is 1.17 bits per heavy atom. The van der Waals surface area contributed by atoms with Gasteiger partial charge in [0.15, 0.2) is 5.82 Å². The van der Waals surface area contributed by atoms with Crippen molar-refractivity contribution in [1.82, 2.24) is 30.4 Å². The Morgan fingerprint density at radius 3 is 2.54 bits per heavy atom. The number of alkyl halides is 2. The topological polar surface area (TPSA) is 77.3 Å². The van der Waals surface area contributed by atoms with Crippen LogP contribution in [-0.2, 0) is 10.3 Å². The molecule has 1 unspecified atom stereocenters. The zero-order valence-corrected chi connectivity index (χ0v) is 21.2. The first-order valence-corrected chi connectivity index (χ1v) is 12.5. The van der Waals surface area contributed by atoms with Crippen LogP contribution in [0.3, 0.4) is 0 Å². The van der Waals surface area contributed by atoms with Crippen molar-refractivity contribution in [3.05, 3.63) is 35.7 Å². The zero-order valence-electron chi connectivity index (χ0n) is 21.2. The highest BCUT2D eigenvalue weighted by molar-refractivity contribution is 5.31. The second-order valence-electron chi connectivity index (χ2n) is 10.4. The van der Waals surface area contributed by atoms with Crippen molar-refractivity contribution >= 4 is 0 Å². The van der Waals surface area contributed by atoms with Crippen molar-refractivity contribution in [2.24, 2.45) is 5.92 Å². The molecule has 2 heterocycles. The molecule has 10 heteroatoms. The van der Waals surface area contributed by atoms with Crippen molar-refractivity contribution in [2.45, 2.75) is 69.5 Å². The highest BCUT2D eigenvalue weighted by Crippen LogP contribution is 2.47. The summed E-state index contributed by atoms with van der Waals surface area (Å²) in [5, 5.41) is 16.4. The molecular weight excluding hydrogens is 454 g/mol. The third kappa shape index (κ3) is 5.98. The Hall–Kier alpha value is -2.17. The van der Waals surface area contributed by atoms with Crippen molar-refractivity contribution in [1.29, 1.82) is 0 Å². The van der Waals surface area contributed by atoms with Crippen molar-refractivity contribution in [3.63, 3.8) is 0 Å². The van der Waals surface area contributed by atoms with E-state index in [0.29, 0.717) is 18.3 Å². The van der Waals surface area contributed by atoms with Gasteiger partial charge < -0.3 is 14.4 Å². The number of aromatic nitrogens is 4. The Labute approximate surface area is 206 Å². The number of piperidine rings is 1. The van der Waals surface area contributed by atoms with E-state index in [4.69, 9.17) is 9.47 Å². The third-order valence-corrected chi connectivity index (χ3v) is 7.35. The molecular formula is C25H38F2N6O2. The molecule has 1 saturated heterocycles. The quantitative estimate of drug-likeness (QED) is 0.509. The SMILES string of the molecule is COCC(NC1(c2nnnn2C2CC(F)(F)C2)CCN(CCC(C)C)CC1)c1cccc(OC)c1. The fraction of sp³-hybridized carbons (Fsp3) is 0.720. The number of methoxy groups -OCH3 is 2. The number of rotatable bonds is 11. The lowest BCUT2D eigenvalue weighted by Gasteiger charge is -2.45. The van der Waals surface area contributed by atoms with Gasteiger partial charge in [-0.2, -0.15) is 0 Å². The van der Waals surface area contributed by atoms with E-state index in [1.807, 2.05) is 24.3 Å². The molecule has 1 saturated carbocycles. The van der Waals surface area contributed by atoms with E-state index in [1.165, 1.54) is 0 Å². The molecule has 2 aromatic rings. The van der Waals surface area contributed by atoms with Crippen molar-refractivity contribution in [2.75, 3.05) is 40.5 Å². The molecule has 194 valence electrons. The van der Waals surface area contributed by atoms with Crippen LogP contribution in [0.15, 0.2) is 24.3 Å². The Kier molecular flexibility index (Phi) is 8.02. The number of hydrogen-bond acceptors (Lipinski definition) is 7. The molecule has 0 radical (unpaired) electrons. The second-order valence-corrected chi connectivity index (χ2v) is 10.4. The summed E-state index contributed by atoms with van der Waals surface area (Å²) in [7, 11) is 3.32. The summed E-state index contributed by atoms with van der Waals surface area (Å²) in [6.45, 7) is 7.72. The van der Waals surface area contributed by atoms with Crippen LogP contribution in [0.4, 0.5) is 8.78 Å². The van der Waals surface area contributed by atoms with Gasteiger partial charge in [0.2, 0.25) is 0 Å². The lowest BCUT2D eigenvalue weighted by Crippen LogP contribution is -2.55. The second kappa shape index (κ2) is 10.8. The molecule has 1 aromatic carbocycles. The van der Waals surface area contributed by atoms with Crippen LogP contribution in [0.2, 0.25) is 0 Å². The predicted octanol–water partition coefficient (Wildman–Crippen LogP) is 3.97. The van der Waals surface area contributed by atoms with Gasteiger partial charge in [0.05, 0.1) is 31.3 Å². The molecule has 1 N–H and O–H groups in total. The summed E-state index contributed by atoms with van der Waals surface area (Å²) >= 11 is 0. The minimum absolute atomic E-state index is 0.148. The van der Waals surface area contributed by atoms with E-state index >= 15 is 0 Å². The Balaban J connectivity index is 1.63. The van der Waals surface area contributed by atoms with Crippen LogP contribution >= 0.6 is 0 Å². The van der Waals surface area contributed by atoms with E-state index in [2.05, 4.69) is 39.6 Å². The number of hydrogen-bond donors (Lipinski definition) is 1. The number of nitrogens with one attached hydrogen (secondary N) is 1. The van der Waals surface area contributed by atoms with Gasteiger partial charge in [-0.3, -0.25) is 5.32 Å². The summed E-state index contributed by atoms with van der Waals surface area (Å²) in [5.41, 5.74) is 0.469. The monoisotopic (exact) mass is 492 g/mol. The first kappa shape index (κ1) is 25.9. The van der Waals surface area contributed by atoms with Gasteiger partial charge >= 0.3 is 0 Å².